The Morgan fingerprint density at radius 2 is 1.85 bits per heavy atom. The molecule has 0 aliphatic rings. The highest BCUT2D eigenvalue weighted by Gasteiger charge is 2.23. The van der Waals surface area contributed by atoms with E-state index < -0.39 is 10.0 Å². The normalized spacial score (nSPS) is 12.6. The first-order valence-corrected chi connectivity index (χ1v) is 11.9. The van der Waals surface area contributed by atoms with Crippen molar-refractivity contribution in [3.05, 3.63) is 17.0 Å². The standard InChI is InChI=1S/C18H34N4O2S2/c1-5-9-10-14-20-18(19-6-2)21-15-13-16-11-12-17(25-16)26(23,24)22(7-3)8-4/h11-12H,5-10,13-15H2,1-4H3,(H2,19,20,21). The van der Waals surface area contributed by atoms with Crippen molar-refractivity contribution < 1.29 is 8.42 Å². The fourth-order valence-electron chi connectivity index (χ4n) is 2.52. The molecule has 0 aromatic carbocycles. The zero-order valence-electron chi connectivity index (χ0n) is 16.5. The minimum Gasteiger partial charge on any atom is -0.357 e. The molecule has 150 valence electrons. The largest absolute Gasteiger partial charge is 0.357 e. The number of unbranched alkanes of at least 4 members (excludes halogenated alkanes) is 2. The van der Waals surface area contributed by atoms with Gasteiger partial charge in [-0.3, -0.25) is 4.99 Å². The summed E-state index contributed by atoms with van der Waals surface area (Å²) in [6.45, 7) is 11.3. The summed E-state index contributed by atoms with van der Waals surface area (Å²) in [4.78, 5) is 5.63. The summed E-state index contributed by atoms with van der Waals surface area (Å²) in [5.74, 6) is 0.830. The molecule has 0 saturated heterocycles. The van der Waals surface area contributed by atoms with Crippen molar-refractivity contribution in [2.45, 2.75) is 57.6 Å². The molecule has 2 N–H and O–H groups in total. The molecular weight excluding hydrogens is 368 g/mol. The van der Waals surface area contributed by atoms with Crippen molar-refractivity contribution in [1.29, 1.82) is 0 Å². The second-order valence-corrected chi connectivity index (χ2v) is 9.29. The molecule has 0 spiro atoms. The molecule has 1 aromatic heterocycles. The van der Waals surface area contributed by atoms with Crippen LogP contribution in [0.25, 0.3) is 0 Å². The van der Waals surface area contributed by atoms with Gasteiger partial charge in [-0.25, -0.2) is 8.42 Å². The zero-order chi connectivity index (χ0) is 19.4. The number of hydrogen-bond acceptors (Lipinski definition) is 4. The van der Waals surface area contributed by atoms with E-state index in [1.807, 2.05) is 26.8 Å². The van der Waals surface area contributed by atoms with E-state index in [0.717, 1.165) is 43.3 Å². The first-order valence-electron chi connectivity index (χ1n) is 9.60. The van der Waals surface area contributed by atoms with Crippen molar-refractivity contribution in [2.75, 3.05) is 32.7 Å². The summed E-state index contributed by atoms with van der Waals surface area (Å²) >= 11 is 1.36. The Balaban J connectivity index is 2.58. The maximum absolute atomic E-state index is 12.5. The molecule has 0 aliphatic heterocycles. The van der Waals surface area contributed by atoms with Gasteiger partial charge in [-0.1, -0.05) is 33.6 Å². The first kappa shape index (κ1) is 22.9. The summed E-state index contributed by atoms with van der Waals surface area (Å²) in [7, 11) is -3.35. The third-order valence-electron chi connectivity index (χ3n) is 3.98. The lowest BCUT2D eigenvalue weighted by Gasteiger charge is -2.16. The summed E-state index contributed by atoms with van der Waals surface area (Å²) in [5, 5.41) is 6.57. The number of aliphatic imine (C=N–C) groups is 1. The first-order chi connectivity index (χ1) is 12.5. The van der Waals surface area contributed by atoms with E-state index in [1.165, 1.54) is 28.5 Å². The van der Waals surface area contributed by atoms with Crippen LogP contribution >= 0.6 is 11.3 Å². The average molecular weight is 403 g/mol. The molecule has 6 nitrogen and oxygen atoms in total. The minimum atomic E-state index is -3.35. The Morgan fingerprint density at radius 3 is 2.46 bits per heavy atom. The highest BCUT2D eigenvalue weighted by atomic mass is 32.2. The third-order valence-corrected chi connectivity index (χ3v) is 7.64. The molecule has 26 heavy (non-hydrogen) atoms. The molecule has 0 aliphatic carbocycles. The van der Waals surface area contributed by atoms with E-state index in [1.54, 1.807) is 6.07 Å². The van der Waals surface area contributed by atoms with Crippen molar-refractivity contribution in [1.82, 2.24) is 14.9 Å². The number of sulfonamides is 1. The predicted molar refractivity (Wildman–Crippen MR) is 112 cm³/mol. The van der Waals surface area contributed by atoms with Crippen LogP contribution in [0.4, 0.5) is 0 Å². The number of nitrogens with zero attached hydrogens (tertiary/aromatic N) is 2. The van der Waals surface area contributed by atoms with Gasteiger partial charge < -0.3 is 10.6 Å². The smallest absolute Gasteiger partial charge is 0.252 e. The Hall–Kier alpha value is -1.12. The third kappa shape index (κ3) is 7.25. The van der Waals surface area contributed by atoms with E-state index >= 15 is 0 Å². The Bertz CT molecular complexity index is 637. The van der Waals surface area contributed by atoms with E-state index in [0.29, 0.717) is 17.3 Å². The zero-order valence-corrected chi connectivity index (χ0v) is 18.2. The van der Waals surface area contributed by atoms with E-state index in [2.05, 4.69) is 22.5 Å². The molecular formula is C18H34N4O2S2. The van der Waals surface area contributed by atoms with Gasteiger partial charge in [0, 0.05) is 37.6 Å². The van der Waals surface area contributed by atoms with Crippen LogP contribution in [0.15, 0.2) is 21.3 Å². The number of thiophene rings is 1. The van der Waals surface area contributed by atoms with Gasteiger partial charge in [-0.15, -0.1) is 11.3 Å². The van der Waals surface area contributed by atoms with Crippen LogP contribution in [0, 0.1) is 0 Å². The minimum absolute atomic E-state index is 0.427. The highest BCUT2D eigenvalue weighted by molar-refractivity contribution is 7.91. The monoisotopic (exact) mass is 402 g/mol. The van der Waals surface area contributed by atoms with Gasteiger partial charge in [0.15, 0.2) is 5.96 Å². The fourth-order valence-corrected chi connectivity index (χ4v) is 5.49. The number of nitrogens with one attached hydrogen (secondary N) is 2. The molecule has 1 aromatic rings. The van der Waals surface area contributed by atoms with Crippen LogP contribution in [0.5, 0.6) is 0 Å². The summed E-state index contributed by atoms with van der Waals surface area (Å²) < 4.78 is 27.0. The molecule has 0 fully saturated rings. The van der Waals surface area contributed by atoms with Gasteiger partial charge in [0.05, 0.1) is 0 Å². The summed E-state index contributed by atoms with van der Waals surface area (Å²) in [6.07, 6.45) is 4.26. The Kier molecular flexibility index (Phi) is 10.8. The molecule has 0 amide bonds. The van der Waals surface area contributed by atoms with Crippen LogP contribution < -0.4 is 10.6 Å². The van der Waals surface area contributed by atoms with Crippen molar-refractivity contribution >= 4 is 27.3 Å². The van der Waals surface area contributed by atoms with E-state index in [-0.39, 0.29) is 0 Å². The number of guanidine groups is 1. The molecule has 0 saturated carbocycles. The van der Waals surface area contributed by atoms with Crippen LogP contribution in [0.3, 0.4) is 0 Å². The maximum atomic E-state index is 12.5. The van der Waals surface area contributed by atoms with E-state index in [9.17, 15) is 8.42 Å². The van der Waals surface area contributed by atoms with Crippen molar-refractivity contribution in [3.8, 4) is 0 Å². The quantitative estimate of drug-likeness (QED) is 0.320. The van der Waals surface area contributed by atoms with Gasteiger partial charge in [0.2, 0.25) is 0 Å². The molecule has 0 radical (unpaired) electrons. The molecule has 8 heteroatoms. The van der Waals surface area contributed by atoms with E-state index in [4.69, 9.17) is 0 Å². The van der Waals surface area contributed by atoms with Crippen molar-refractivity contribution in [2.24, 2.45) is 4.99 Å². The second kappa shape index (κ2) is 12.3. The van der Waals surface area contributed by atoms with Gasteiger partial charge in [-0.2, -0.15) is 4.31 Å². The lowest BCUT2D eigenvalue weighted by Crippen LogP contribution is -2.38. The van der Waals surface area contributed by atoms with Crippen LogP contribution in [-0.2, 0) is 16.4 Å². The summed E-state index contributed by atoms with van der Waals surface area (Å²) in [6, 6.07) is 3.63. The molecule has 0 bridgehead atoms. The lowest BCUT2D eigenvalue weighted by atomic mass is 10.2. The van der Waals surface area contributed by atoms with Crippen LogP contribution in [0.1, 0.15) is 51.8 Å². The van der Waals surface area contributed by atoms with Gasteiger partial charge in [0.25, 0.3) is 10.0 Å². The topological polar surface area (TPSA) is 73.8 Å². The van der Waals surface area contributed by atoms with Crippen LogP contribution in [-0.4, -0.2) is 51.4 Å². The molecule has 1 heterocycles. The highest BCUT2D eigenvalue weighted by Crippen LogP contribution is 2.25. The number of rotatable bonds is 12. The maximum Gasteiger partial charge on any atom is 0.252 e. The lowest BCUT2D eigenvalue weighted by molar-refractivity contribution is 0.447. The molecule has 0 unspecified atom stereocenters. The molecule has 0 atom stereocenters. The second-order valence-electron chi connectivity index (χ2n) is 5.95. The predicted octanol–water partition coefficient (Wildman–Crippen LogP) is 3.07. The number of hydrogen-bond donors (Lipinski definition) is 2. The fraction of sp³-hybridized carbons (Fsp3) is 0.722. The Morgan fingerprint density at radius 1 is 1.12 bits per heavy atom. The van der Waals surface area contributed by atoms with Crippen LogP contribution in [0.2, 0.25) is 0 Å². The van der Waals surface area contributed by atoms with Gasteiger partial charge in [0.1, 0.15) is 4.21 Å². The Labute approximate surface area is 163 Å². The van der Waals surface area contributed by atoms with Gasteiger partial charge >= 0.3 is 0 Å². The molecule has 1 rings (SSSR count). The summed E-state index contributed by atoms with van der Waals surface area (Å²) in [5.41, 5.74) is 0. The van der Waals surface area contributed by atoms with Crippen molar-refractivity contribution in [3.63, 3.8) is 0 Å². The average Bonchev–Trinajstić information content (AvgIpc) is 3.09. The SMILES string of the molecule is CCCCCN=C(NCC)NCCc1ccc(S(=O)(=O)N(CC)CC)s1. The van der Waals surface area contributed by atoms with Gasteiger partial charge in [-0.05, 0) is 31.9 Å².